The number of carbonyl (C=O) groups excluding carboxylic acids is 1. The van der Waals surface area contributed by atoms with E-state index in [0.717, 1.165) is 6.42 Å². The van der Waals surface area contributed by atoms with Crippen molar-refractivity contribution in [2.24, 2.45) is 0 Å². The van der Waals surface area contributed by atoms with Gasteiger partial charge in [-0.2, -0.15) is 13.2 Å². The lowest BCUT2D eigenvalue weighted by molar-refractivity contribution is -0.137. The van der Waals surface area contributed by atoms with Crippen LogP contribution in [0.25, 0.3) is 0 Å². The van der Waals surface area contributed by atoms with Crippen LogP contribution in [0.15, 0.2) is 18.2 Å². The third kappa shape index (κ3) is 3.72. The highest BCUT2D eigenvalue weighted by Gasteiger charge is 2.34. The molecule has 1 N–H and O–H groups in total. The Kier molecular flexibility index (Phi) is 4.22. The lowest BCUT2D eigenvalue weighted by atomic mass is 9.94. The minimum atomic E-state index is -4.62. The Hall–Kier alpha value is -1.63. The molecule has 0 bridgehead atoms. The van der Waals surface area contributed by atoms with Crippen molar-refractivity contribution in [2.75, 3.05) is 13.2 Å². The van der Waals surface area contributed by atoms with Gasteiger partial charge in [0, 0.05) is 6.61 Å². The maximum Gasteiger partial charge on any atom is 0.416 e. The predicted molar refractivity (Wildman–Crippen MR) is 67.3 cm³/mol. The molecular formula is C14H15F4NO2. The first-order chi connectivity index (χ1) is 9.71. The Morgan fingerprint density at radius 3 is 2.67 bits per heavy atom. The number of nitrogens with one attached hydrogen (secondary N) is 1. The molecule has 0 aliphatic carbocycles. The molecule has 1 aromatic carbocycles. The lowest BCUT2D eigenvalue weighted by Crippen LogP contribution is -2.51. The molecule has 1 amide bonds. The summed E-state index contributed by atoms with van der Waals surface area (Å²) in [6.45, 7) is 2.54. The summed E-state index contributed by atoms with van der Waals surface area (Å²) >= 11 is 0. The molecule has 3 nitrogen and oxygen atoms in total. The van der Waals surface area contributed by atoms with Crippen LogP contribution in [0, 0.1) is 5.82 Å². The average molecular weight is 305 g/mol. The van der Waals surface area contributed by atoms with Crippen LogP contribution in [-0.4, -0.2) is 24.7 Å². The SMILES string of the molecule is CC1(NC(=O)c2cc(C(F)(F)F)ccc2F)CCCOC1. The maximum absolute atomic E-state index is 13.6. The first-order valence-electron chi connectivity index (χ1n) is 6.48. The molecule has 1 saturated heterocycles. The topological polar surface area (TPSA) is 38.3 Å². The molecule has 116 valence electrons. The number of amides is 1. The van der Waals surface area contributed by atoms with E-state index in [9.17, 15) is 22.4 Å². The summed E-state index contributed by atoms with van der Waals surface area (Å²) in [6, 6.07) is 1.78. The molecule has 1 aliphatic rings. The molecule has 1 fully saturated rings. The Morgan fingerprint density at radius 2 is 2.10 bits per heavy atom. The quantitative estimate of drug-likeness (QED) is 0.853. The molecular weight excluding hydrogens is 290 g/mol. The number of halogens is 4. The van der Waals surface area contributed by atoms with Gasteiger partial charge in [0.1, 0.15) is 5.82 Å². The minimum absolute atomic E-state index is 0.249. The summed E-state index contributed by atoms with van der Waals surface area (Å²) in [6.07, 6.45) is -3.28. The molecule has 0 aromatic heterocycles. The van der Waals surface area contributed by atoms with Gasteiger partial charge >= 0.3 is 6.18 Å². The van der Waals surface area contributed by atoms with E-state index in [1.165, 1.54) is 0 Å². The number of ether oxygens (including phenoxy) is 1. The molecule has 1 aromatic rings. The Morgan fingerprint density at radius 1 is 1.38 bits per heavy atom. The highest BCUT2D eigenvalue weighted by molar-refractivity contribution is 5.95. The molecule has 1 atom stereocenters. The third-order valence-electron chi connectivity index (χ3n) is 3.39. The van der Waals surface area contributed by atoms with Gasteiger partial charge in [-0.3, -0.25) is 4.79 Å². The maximum atomic E-state index is 13.6. The van der Waals surface area contributed by atoms with Crippen LogP contribution in [0.2, 0.25) is 0 Å². The molecule has 0 spiro atoms. The van der Waals surface area contributed by atoms with Crippen LogP contribution < -0.4 is 5.32 Å². The van der Waals surface area contributed by atoms with E-state index in [2.05, 4.69) is 5.32 Å². The van der Waals surface area contributed by atoms with Crippen LogP contribution in [0.5, 0.6) is 0 Å². The van der Waals surface area contributed by atoms with E-state index in [1.54, 1.807) is 6.92 Å². The van der Waals surface area contributed by atoms with Crippen molar-refractivity contribution in [2.45, 2.75) is 31.5 Å². The Labute approximate surface area is 119 Å². The molecule has 2 rings (SSSR count). The van der Waals surface area contributed by atoms with Crippen molar-refractivity contribution in [3.8, 4) is 0 Å². The molecule has 7 heteroatoms. The van der Waals surface area contributed by atoms with Gasteiger partial charge in [0.05, 0.1) is 23.3 Å². The summed E-state index contributed by atoms with van der Waals surface area (Å²) in [5.74, 6) is -1.85. The van der Waals surface area contributed by atoms with Gasteiger partial charge < -0.3 is 10.1 Å². The number of hydrogen-bond acceptors (Lipinski definition) is 2. The largest absolute Gasteiger partial charge is 0.416 e. The second-order valence-corrected chi connectivity index (χ2v) is 5.36. The van der Waals surface area contributed by atoms with Crippen molar-refractivity contribution < 1.29 is 27.1 Å². The lowest BCUT2D eigenvalue weighted by Gasteiger charge is -2.34. The first kappa shape index (κ1) is 15.8. The Balaban J connectivity index is 2.22. The minimum Gasteiger partial charge on any atom is -0.379 e. The highest BCUT2D eigenvalue weighted by atomic mass is 19.4. The number of alkyl halides is 3. The third-order valence-corrected chi connectivity index (χ3v) is 3.39. The van der Waals surface area contributed by atoms with Crippen molar-refractivity contribution in [3.05, 3.63) is 35.1 Å². The number of hydrogen-bond donors (Lipinski definition) is 1. The van der Waals surface area contributed by atoms with E-state index < -0.39 is 34.6 Å². The van der Waals surface area contributed by atoms with Gasteiger partial charge in [-0.25, -0.2) is 4.39 Å². The van der Waals surface area contributed by atoms with Gasteiger partial charge in [-0.1, -0.05) is 0 Å². The Bertz CT molecular complexity index is 536. The zero-order valence-electron chi connectivity index (χ0n) is 11.4. The first-order valence-corrected chi connectivity index (χ1v) is 6.48. The smallest absolute Gasteiger partial charge is 0.379 e. The summed E-state index contributed by atoms with van der Waals surface area (Å²) in [4.78, 5) is 12.0. The molecule has 1 aliphatic heterocycles. The molecule has 1 unspecified atom stereocenters. The fraction of sp³-hybridized carbons (Fsp3) is 0.500. The zero-order valence-corrected chi connectivity index (χ0v) is 11.4. The van der Waals surface area contributed by atoms with E-state index in [-0.39, 0.29) is 6.61 Å². The molecule has 21 heavy (non-hydrogen) atoms. The van der Waals surface area contributed by atoms with Crippen LogP contribution in [0.4, 0.5) is 17.6 Å². The monoisotopic (exact) mass is 305 g/mol. The fourth-order valence-corrected chi connectivity index (χ4v) is 2.25. The van der Waals surface area contributed by atoms with Crippen molar-refractivity contribution in [1.82, 2.24) is 5.32 Å². The van der Waals surface area contributed by atoms with Gasteiger partial charge in [0.15, 0.2) is 0 Å². The standard InChI is InChI=1S/C14H15F4NO2/c1-13(5-2-6-21-8-13)19-12(20)10-7-9(14(16,17)18)3-4-11(10)15/h3-4,7H,2,5-6,8H2,1H3,(H,19,20). The van der Waals surface area contributed by atoms with E-state index in [0.29, 0.717) is 31.2 Å². The van der Waals surface area contributed by atoms with Gasteiger partial charge in [-0.05, 0) is 38.0 Å². The summed E-state index contributed by atoms with van der Waals surface area (Å²) in [7, 11) is 0. The van der Waals surface area contributed by atoms with Crippen molar-refractivity contribution >= 4 is 5.91 Å². The normalized spacial score (nSPS) is 22.9. The van der Waals surface area contributed by atoms with Gasteiger partial charge in [0.25, 0.3) is 5.91 Å². The van der Waals surface area contributed by atoms with Crippen molar-refractivity contribution in [3.63, 3.8) is 0 Å². The molecule has 0 saturated carbocycles. The summed E-state index contributed by atoms with van der Waals surface area (Å²) < 4.78 is 56.7. The number of benzene rings is 1. The van der Waals surface area contributed by atoms with Gasteiger partial charge in [0.2, 0.25) is 0 Å². The summed E-state index contributed by atoms with van der Waals surface area (Å²) in [5, 5.41) is 2.56. The van der Waals surface area contributed by atoms with Crippen LogP contribution >= 0.6 is 0 Å². The van der Waals surface area contributed by atoms with Gasteiger partial charge in [-0.15, -0.1) is 0 Å². The predicted octanol–water partition coefficient (Wildman–Crippen LogP) is 3.14. The second-order valence-electron chi connectivity index (χ2n) is 5.36. The van der Waals surface area contributed by atoms with Crippen molar-refractivity contribution in [1.29, 1.82) is 0 Å². The van der Waals surface area contributed by atoms with Crippen LogP contribution in [0.3, 0.4) is 0 Å². The van der Waals surface area contributed by atoms with Crippen LogP contribution in [-0.2, 0) is 10.9 Å². The van der Waals surface area contributed by atoms with Crippen LogP contribution in [0.1, 0.15) is 35.7 Å². The summed E-state index contributed by atoms with van der Waals surface area (Å²) in [5.41, 5.74) is -2.37. The van der Waals surface area contributed by atoms with E-state index in [4.69, 9.17) is 4.74 Å². The average Bonchev–Trinajstić information content (AvgIpc) is 2.38. The van der Waals surface area contributed by atoms with E-state index in [1.807, 2.05) is 0 Å². The molecule has 0 radical (unpaired) electrons. The zero-order chi connectivity index (χ0) is 15.7. The fourth-order valence-electron chi connectivity index (χ4n) is 2.25. The molecule has 1 heterocycles. The number of rotatable bonds is 2. The highest BCUT2D eigenvalue weighted by Crippen LogP contribution is 2.30. The van der Waals surface area contributed by atoms with E-state index >= 15 is 0 Å². The second kappa shape index (κ2) is 5.63. The number of carbonyl (C=O) groups is 1.